The smallest absolute Gasteiger partial charge is 0.236 e. The molecule has 2 heterocycles. The summed E-state index contributed by atoms with van der Waals surface area (Å²) in [6, 6.07) is 7.23. The van der Waals surface area contributed by atoms with E-state index < -0.39 is 0 Å². The Morgan fingerprint density at radius 1 is 1.03 bits per heavy atom. The first-order chi connectivity index (χ1) is 14.2. The molecule has 2 N–H and O–H groups in total. The Labute approximate surface area is 174 Å². The van der Waals surface area contributed by atoms with Gasteiger partial charge < -0.3 is 20.2 Å². The van der Waals surface area contributed by atoms with E-state index in [0.717, 1.165) is 70.2 Å². The molecule has 1 aromatic carbocycles. The van der Waals surface area contributed by atoms with Gasteiger partial charge in [-0.1, -0.05) is 25.0 Å². The van der Waals surface area contributed by atoms with Crippen molar-refractivity contribution in [3.05, 3.63) is 29.8 Å². The van der Waals surface area contributed by atoms with Crippen LogP contribution in [0.4, 0.5) is 0 Å². The van der Waals surface area contributed by atoms with Gasteiger partial charge >= 0.3 is 0 Å². The molecule has 2 aliphatic rings. The fourth-order valence-corrected chi connectivity index (χ4v) is 3.98. The predicted molar refractivity (Wildman–Crippen MR) is 116 cm³/mol. The van der Waals surface area contributed by atoms with Crippen LogP contribution in [-0.4, -0.2) is 84.0 Å². The number of nitrogens with zero attached hydrogens (tertiary/aromatic N) is 4. The Morgan fingerprint density at radius 2 is 1.76 bits per heavy atom. The standard InChI is InChI=1S/C22H35N5O2/c1-2-23-22(24-17-19-8-7-9-20(28)16-19)27-14-12-25(13-15-27)18-21(29)26-10-5-3-4-6-11-26/h7-9,16,28H,2-6,10-15,17-18H2,1H3,(H,23,24). The lowest BCUT2D eigenvalue weighted by Gasteiger charge is -2.37. The molecule has 1 aromatic rings. The molecule has 0 bridgehead atoms. The number of phenolic OH excluding ortho intramolecular Hbond substituents is 1. The van der Waals surface area contributed by atoms with Crippen LogP contribution in [0.25, 0.3) is 0 Å². The van der Waals surface area contributed by atoms with E-state index in [9.17, 15) is 9.90 Å². The van der Waals surface area contributed by atoms with Crippen molar-refractivity contribution in [1.29, 1.82) is 0 Å². The number of hydrogen-bond acceptors (Lipinski definition) is 4. The molecule has 0 saturated carbocycles. The molecule has 0 spiro atoms. The van der Waals surface area contributed by atoms with E-state index in [1.807, 2.05) is 12.1 Å². The SMILES string of the molecule is CCNC(=NCc1cccc(O)c1)N1CCN(CC(=O)N2CCCCCC2)CC1. The zero-order valence-corrected chi connectivity index (χ0v) is 17.6. The number of likely N-dealkylation sites (tertiary alicyclic amines) is 1. The first kappa shape index (κ1) is 21.4. The summed E-state index contributed by atoms with van der Waals surface area (Å²) in [7, 11) is 0. The molecular weight excluding hydrogens is 366 g/mol. The molecule has 0 aromatic heterocycles. The highest BCUT2D eigenvalue weighted by Crippen LogP contribution is 2.13. The zero-order valence-electron chi connectivity index (χ0n) is 17.6. The summed E-state index contributed by atoms with van der Waals surface area (Å²) in [5.74, 6) is 1.45. The van der Waals surface area contributed by atoms with Crippen molar-refractivity contribution in [2.45, 2.75) is 39.2 Å². The molecule has 7 heteroatoms. The number of amides is 1. The van der Waals surface area contributed by atoms with Crippen molar-refractivity contribution in [2.24, 2.45) is 4.99 Å². The second-order valence-electron chi connectivity index (χ2n) is 7.90. The summed E-state index contributed by atoms with van der Waals surface area (Å²) >= 11 is 0. The highest BCUT2D eigenvalue weighted by molar-refractivity contribution is 5.80. The number of hydrogen-bond donors (Lipinski definition) is 2. The first-order valence-electron chi connectivity index (χ1n) is 11.0. The number of phenols is 1. The number of benzene rings is 1. The third kappa shape index (κ3) is 6.63. The monoisotopic (exact) mass is 401 g/mol. The van der Waals surface area contributed by atoms with Crippen molar-refractivity contribution in [3.8, 4) is 5.75 Å². The predicted octanol–water partition coefficient (Wildman–Crippen LogP) is 1.88. The van der Waals surface area contributed by atoms with Crippen molar-refractivity contribution in [1.82, 2.24) is 20.0 Å². The molecule has 2 fully saturated rings. The van der Waals surface area contributed by atoms with Gasteiger partial charge in [0, 0.05) is 45.8 Å². The zero-order chi connectivity index (χ0) is 20.5. The lowest BCUT2D eigenvalue weighted by atomic mass is 10.2. The van der Waals surface area contributed by atoms with Crippen LogP contribution >= 0.6 is 0 Å². The minimum absolute atomic E-state index is 0.269. The van der Waals surface area contributed by atoms with Gasteiger partial charge in [-0.25, -0.2) is 4.99 Å². The molecule has 160 valence electrons. The molecule has 29 heavy (non-hydrogen) atoms. The lowest BCUT2D eigenvalue weighted by molar-refractivity contribution is -0.132. The van der Waals surface area contributed by atoms with E-state index >= 15 is 0 Å². The molecule has 2 aliphatic heterocycles. The Bertz CT molecular complexity index is 678. The van der Waals surface area contributed by atoms with Gasteiger partial charge in [-0.2, -0.15) is 0 Å². The fourth-order valence-electron chi connectivity index (χ4n) is 3.98. The van der Waals surface area contributed by atoms with Crippen LogP contribution in [0.15, 0.2) is 29.3 Å². The van der Waals surface area contributed by atoms with E-state index in [-0.39, 0.29) is 11.7 Å². The van der Waals surface area contributed by atoms with Gasteiger partial charge in [-0.3, -0.25) is 9.69 Å². The Hall–Kier alpha value is -2.28. The summed E-state index contributed by atoms with van der Waals surface area (Å²) < 4.78 is 0. The molecule has 0 unspecified atom stereocenters. The van der Waals surface area contributed by atoms with E-state index in [0.29, 0.717) is 13.1 Å². The van der Waals surface area contributed by atoms with Gasteiger partial charge in [0.2, 0.25) is 5.91 Å². The molecule has 0 atom stereocenters. The van der Waals surface area contributed by atoms with Crippen molar-refractivity contribution in [2.75, 3.05) is 52.4 Å². The van der Waals surface area contributed by atoms with Crippen LogP contribution < -0.4 is 5.32 Å². The number of rotatable bonds is 5. The largest absolute Gasteiger partial charge is 0.508 e. The van der Waals surface area contributed by atoms with E-state index in [2.05, 4.69) is 26.9 Å². The van der Waals surface area contributed by atoms with Crippen LogP contribution in [0.1, 0.15) is 38.2 Å². The first-order valence-corrected chi connectivity index (χ1v) is 11.0. The highest BCUT2D eigenvalue weighted by Gasteiger charge is 2.23. The van der Waals surface area contributed by atoms with Gasteiger partial charge in [0.25, 0.3) is 0 Å². The second-order valence-corrected chi connectivity index (χ2v) is 7.90. The van der Waals surface area contributed by atoms with Gasteiger partial charge in [0.1, 0.15) is 5.75 Å². The number of aromatic hydroxyl groups is 1. The number of guanidine groups is 1. The van der Waals surface area contributed by atoms with Gasteiger partial charge in [-0.05, 0) is 37.5 Å². The molecule has 2 saturated heterocycles. The summed E-state index contributed by atoms with van der Waals surface area (Å²) in [4.78, 5) is 24.0. The second kappa shape index (κ2) is 11.0. The maximum absolute atomic E-state index is 12.6. The highest BCUT2D eigenvalue weighted by atomic mass is 16.3. The van der Waals surface area contributed by atoms with Crippen molar-refractivity contribution >= 4 is 11.9 Å². The topological polar surface area (TPSA) is 71.4 Å². The summed E-state index contributed by atoms with van der Waals surface area (Å²) in [6.45, 7) is 9.25. The average Bonchev–Trinajstić information content (AvgIpc) is 3.01. The van der Waals surface area contributed by atoms with E-state index in [1.54, 1.807) is 12.1 Å². The van der Waals surface area contributed by atoms with Crippen LogP contribution in [0.3, 0.4) is 0 Å². The summed E-state index contributed by atoms with van der Waals surface area (Å²) in [5.41, 5.74) is 0.988. The molecule has 1 amide bonds. The van der Waals surface area contributed by atoms with Crippen LogP contribution in [0.2, 0.25) is 0 Å². The number of piperazine rings is 1. The van der Waals surface area contributed by atoms with Crippen molar-refractivity contribution in [3.63, 3.8) is 0 Å². The molecular formula is C22H35N5O2. The quantitative estimate of drug-likeness (QED) is 0.582. The Kier molecular flexibility index (Phi) is 8.16. The van der Waals surface area contributed by atoms with Crippen LogP contribution in [0.5, 0.6) is 5.75 Å². The molecule has 0 radical (unpaired) electrons. The van der Waals surface area contributed by atoms with Crippen LogP contribution in [0, 0.1) is 0 Å². The molecule has 0 aliphatic carbocycles. The van der Waals surface area contributed by atoms with Crippen LogP contribution in [-0.2, 0) is 11.3 Å². The minimum Gasteiger partial charge on any atom is -0.508 e. The molecule has 3 rings (SSSR count). The van der Waals surface area contributed by atoms with E-state index in [4.69, 9.17) is 4.99 Å². The number of carbonyl (C=O) groups excluding carboxylic acids is 1. The van der Waals surface area contributed by atoms with E-state index in [1.165, 1.54) is 12.8 Å². The summed E-state index contributed by atoms with van der Waals surface area (Å²) in [5, 5.41) is 13.0. The van der Waals surface area contributed by atoms with Gasteiger partial charge in [-0.15, -0.1) is 0 Å². The third-order valence-electron chi connectivity index (χ3n) is 5.65. The Morgan fingerprint density at radius 3 is 2.41 bits per heavy atom. The van der Waals surface area contributed by atoms with Crippen molar-refractivity contribution < 1.29 is 9.90 Å². The lowest BCUT2D eigenvalue weighted by Crippen LogP contribution is -2.54. The van der Waals surface area contributed by atoms with Gasteiger partial charge in [0.05, 0.1) is 13.1 Å². The summed E-state index contributed by atoms with van der Waals surface area (Å²) in [6.07, 6.45) is 4.78. The average molecular weight is 402 g/mol. The maximum atomic E-state index is 12.6. The number of carbonyl (C=O) groups is 1. The number of nitrogens with one attached hydrogen (secondary N) is 1. The molecule has 7 nitrogen and oxygen atoms in total. The third-order valence-corrected chi connectivity index (χ3v) is 5.65. The minimum atomic E-state index is 0.269. The fraction of sp³-hybridized carbons (Fsp3) is 0.636. The Balaban J connectivity index is 1.50. The number of aliphatic imine (C=N–C) groups is 1. The van der Waals surface area contributed by atoms with Gasteiger partial charge in [0.15, 0.2) is 5.96 Å². The normalized spacial score (nSPS) is 19.1. The maximum Gasteiger partial charge on any atom is 0.236 e.